The van der Waals surface area contributed by atoms with Gasteiger partial charge in [-0.15, -0.1) is 0 Å². The molecule has 96 valence electrons. The topological polar surface area (TPSA) is 93.9 Å². The van der Waals surface area contributed by atoms with Crippen LogP contribution in [0.2, 0.25) is 0 Å². The Balaban J connectivity index is 2.03. The van der Waals surface area contributed by atoms with Gasteiger partial charge >= 0.3 is 6.09 Å². The Morgan fingerprint density at radius 1 is 1.56 bits per heavy atom. The number of carbonyl (C=O) groups is 1. The molecule has 0 aliphatic heterocycles. The number of aromatic nitrogens is 3. The number of carbonyl (C=O) groups excluding carboxylic acids is 1. The summed E-state index contributed by atoms with van der Waals surface area (Å²) in [6, 6.07) is 1.85. The first-order valence-electron chi connectivity index (χ1n) is 5.73. The molecule has 0 aliphatic rings. The van der Waals surface area contributed by atoms with Gasteiger partial charge in [0.2, 0.25) is 0 Å². The third kappa shape index (κ3) is 2.97. The van der Waals surface area contributed by atoms with Crippen LogP contribution in [0.3, 0.4) is 0 Å². The van der Waals surface area contributed by atoms with E-state index in [1.807, 2.05) is 19.9 Å². The summed E-state index contributed by atoms with van der Waals surface area (Å²) in [6.07, 6.45) is 4.00. The van der Waals surface area contributed by atoms with Gasteiger partial charge < -0.3 is 15.5 Å². The highest BCUT2D eigenvalue weighted by Gasteiger charge is 2.22. The average Bonchev–Trinajstić information content (AvgIpc) is 2.67. The highest BCUT2D eigenvalue weighted by Crippen LogP contribution is 2.18. The van der Waals surface area contributed by atoms with Crippen LogP contribution >= 0.6 is 0 Å². The highest BCUT2D eigenvalue weighted by atomic mass is 16.6. The van der Waals surface area contributed by atoms with Crippen LogP contribution in [0.5, 0.6) is 0 Å². The van der Waals surface area contributed by atoms with Crippen molar-refractivity contribution in [2.24, 2.45) is 5.73 Å². The molecule has 18 heavy (non-hydrogen) atoms. The van der Waals surface area contributed by atoms with Crippen molar-refractivity contribution in [2.45, 2.75) is 32.3 Å². The van der Waals surface area contributed by atoms with Crippen LogP contribution in [0.25, 0.3) is 11.0 Å². The summed E-state index contributed by atoms with van der Waals surface area (Å²) in [5.74, 6) is 0.846. The monoisotopic (exact) mass is 248 g/mol. The van der Waals surface area contributed by atoms with Crippen molar-refractivity contribution < 1.29 is 9.53 Å². The lowest BCUT2D eigenvalue weighted by atomic mass is 10.0. The standard InChI is InChI=1S/C12H16N4O2/c1-12(2,18-11(13)17)5-3-10-15-8-4-6-14-7-9(8)16-10/h4,6-7H,3,5H2,1-2H3,(H2,13,17)(H,15,16). The summed E-state index contributed by atoms with van der Waals surface area (Å²) in [4.78, 5) is 22.4. The number of fused-ring (bicyclic) bond motifs is 1. The van der Waals surface area contributed by atoms with Gasteiger partial charge in [-0.1, -0.05) is 0 Å². The maximum atomic E-state index is 10.7. The number of hydrogen-bond acceptors (Lipinski definition) is 4. The van der Waals surface area contributed by atoms with Gasteiger partial charge in [-0.2, -0.15) is 0 Å². The summed E-state index contributed by atoms with van der Waals surface area (Å²) in [5, 5.41) is 0. The van der Waals surface area contributed by atoms with E-state index in [0.29, 0.717) is 12.8 Å². The zero-order chi connectivity index (χ0) is 13.2. The van der Waals surface area contributed by atoms with Gasteiger partial charge in [-0.05, 0) is 26.3 Å². The third-order valence-electron chi connectivity index (χ3n) is 2.67. The Morgan fingerprint density at radius 2 is 2.33 bits per heavy atom. The summed E-state index contributed by atoms with van der Waals surface area (Å²) in [7, 11) is 0. The maximum Gasteiger partial charge on any atom is 0.405 e. The molecule has 2 aromatic rings. The van der Waals surface area contributed by atoms with E-state index >= 15 is 0 Å². The number of ether oxygens (including phenoxy) is 1. The van der Waals surface area contributed by atoms with Crippen molar-refractivity contribution in [3.8, 4) is 0 Å². The molecule has 0 atom stereocenters. The summed E-state index contributed by atoms with van der Waals surface area (Å²) in [6.45, 7) is 3.64. The number of amides is 1. The van der Waals surface area contributed by atoms with Gasteiger partial charge in [0.25, 0.3) is 0 Å². The second kappa shape index (κ2) is 4.64. The fraction of sp³-hybridized carbons (Fsp3) is 0.417. The van der Waals surface area contributed by atoms with Crippen LogP contribution < -0.4 is 5.73 Å². The number of nitrogens with one attached hydrogen (secondary N) is 1. The van der Waals surface area contributed by atoms with Crippen LogP contribution in [0, 0.1) is 0 Å². The molecule has 0 saturated heterocycles. The quantitative estimate of drug-likeness (QED) is 0.862. The third-order valence-corrected chi connectivity index (χ3v) is 2.67. The largest absolute Gasteiger partial charge is 0.444 e. The lowest BCUT2D eigenvalue weighted by Crippen LogP contribution is -2.31. The normalized spacial score (nSPS) is 11.7. The number of nitrogens with two attached hydrogens (primary N) is 1. The first-order valence-corrected chi connectivity index (χ1v) is 5.73. The zero-order valence-corrected chi connectivity index (χ0v) is 10.4. The molecule has 0 bridgehead atoms. The van der Waals surface area contributed by atoms with Gasteiger partial charge in [0.05, 0.1) is 17.2 Å². The van der Waals surface area contributed by atoms with Gasteiger partial charge in [0, 0.05) is 12.6 Å². The first kappa shape index (κ1) is 12.3. The Bertz CT molecular complexity index is 529. The van der Waals surface area contributed by atoms with Crippen molar-refractivity contribution >= 4 is 17.1 Å². The predicted molar refractivity (Wildman–Crippen MR) is 67.0 cm³/mol. The summed E-state index contributed by atoms with van der Waals surface area (Å²) < 4.78 is 5.02. The van der Waals surface area contributed by atoms with Crippen LogP contribution in [0.4, 0.5) is 4.79 Å². The zero-order valence-electron chi connectivity index (χ0n) is 10.4. The fourth-order valence-electron chi connectivity index (χ4n) is 1.77. The smallest absolute Gasteiger partial charge is 0.405 e. The maximum absolute atomic E-state index is 10.7. The molecule has 2 aromatic heterocycles. The lowest BCUT2D eigenvalue weighted by Gasteiger charge is -2.23. The molecular formula is C12H16N4O2. The molecule has 0 radical (unpaired) electrons. The molecule has 0 unspecified atom stereocenters. The van der Waals surface area contributed by atoms with E-state index in [1.54, 1.807) is 12.4 Å². The van der Waals surface area contributed by atoms with Crippen molar-refractivity contribution in [3.05, 3.63) is 24.3 Å². The number of hydrogen-bond donors (Lipinski definition) is 2. The highest BCUT2D eigenvalue weighted by molar-refractivity contribution is 5.73. The molecule has 2 heterocycles. The Labute approximate surface area is 105 Å². The van der Waals surface area contributed by atoms with E-state index in [4.69, 9.17) is 10.5 Å². The van der Waals surface area contributed by atoms with Gasteiger partial charge in [0.15, 0.2) is 0 Å². The number of imidazole rings is 1. The molecule has 0 aromatic carbocycles. The number of pyridine rings is 1. The van der Waals surface area contributed by atoms with Crippen molar-refractivity contribution in [2.75, 3.05) is 0 Å². The average molecular weight is 248 g/mol. The van der Waals surface area contributed by atoms with Crippen LogP contribution in [0.1, 0.15) is 26.1 Å². The summed E-state index contributed by atoms with van der Waals surface area (Å²) in [5.41, 5.74) is 6.21. The van der Waals surface area contributed by atoms with E-state index in [1.165, 1.54) is 0 Å². The number of aryl methyl sites for hydroxylation is 1. The number of nitrogens with zero attached hydrogens (tertiary/aromatic N) is 2. The van der Waals surface area contributed by atoms with Crippen molar-refractivity contribution in [1.82, 2.24) is 15.0 Å². The number of aromatic amines is 1. The molecule has 6 nitrogen and oxygen atoms in total. The van der Waals surface area contributed by atoms with Gasteiger partial charge in [-0.25, -0.2) is 9.78 Å². The minimum absolute atomic E-state index is 0.594. The van der Waals surface area contributed by atoms with Crippen LogP contribution in [-0.4, -0.2) is 26.6 Å². The second-order valence-corrected chi connectivity index (χ2v) is 4.76. The first-order chi connectivity index (χ1) is 8.46. The molecule has 2 rings (SSSR count). The van der Waals surface area contributed by atoms with Crippen LogP contribution in [0.15, 0.2) is 18.5 Å². The molecule has 1 amide bonds. The lowest BCUT2D eigenvalue weighted by molar-refractivity contribution is 0.0391. The van der Waals surface area contributed by atoms with Crippen molar-refractivity contribution in [1.29, 1.82) is 0 Å². The Hall–Kier alpha value is -2.11. The van der Waals surface area contributed by atoms with E-state index < -0.39 is 11.7 Å². The predicted octanol–water partition coefficient (Wildman–Crippen LogP) is 1.76. The molecule has 0 saturated carbocycles. The minimum Gasteiger partial charge on any atom is -0.444 e. The Kier molecular flexibility index (Phi) is 3.18. The van der Waals surface area contributed by atoms with E-state index in [9.17, 15) is 4.79 Å². The molecule has 0 aliphatic carbocycles. The van der Waals surface area contributed by atoms with E-state index in [2.05, 4.69) is 15.0 Å². The second-order valence-electron chi connectivity index (χ2n) is 4.76. The Morgan fingerprint density at radius 3 is 3.00 bits per heavy atom. The SMILES string of the molecule is CC(C)(CCc1nc2ccncc2[nH]1)OC(N)=O. The molecular weight excluding hydrogens is 232 g/mol. The fourth-order valence-corrected chi connectivity index (χ4v) is 1.77. The summed E-state index contributed by atoms with van der Waals surface area (Å²) >= 11 is 0. The van der Waals surface area contributed by atoms with Crippen LogP contribution in [-0.2, 0) is 11.2 Å². The van der Waals surface area contributed by atoms with Crippen molar-refractivity contribution in [3.63, 3.8) is 0 Å². The molecule has 0 spiro atoms. The number of H-pyrrole nitrogens is 1. The number of rotatable bonds is 4. The molecule has 0 fully saturated rings. The van der Waals surface area contributed by atoms with Gasteiger partial charge in [0.1, 0.15) is 11.4 Å². The molecule has 6 heteroatoms. The van der Waals surface area contributed by atoms with E-state index in [0.717, 1.165) is 16.9 Å². The molecule has 3 N–H and O–H groups in total. The van der Waals surface area contributed by atoms with Gasteiger partial charge in [-0.3, -0.25) is 4.98 Å². The minimum atomic E-state index is -0.756. The van der Waals surface area contributed by atoms with E-state index in [-0.39, 0.29) is 0 Å². The number of primary amides is 1.